The van der Waals surface area contributed by atoms with Gasteiger partial charge >= 0.3 is 0 Å². The van der Waals surface area contributed by atoms with Gasteiger partial charge in [0.15, 0.2) is 0 Å². The number of ether oxygens (including phenoxy) is 1. The van der Waals surface area contributed by atoms with E-state index in [2.05, 4.69) is 10.5 Å². The number of amides is 1. The highest BCUT2D eigenvalue weighted by atomic mass is 16.5. The highest BCUT2D eigenvalue weighted by Crippen LogP contribution is 2.24. The first-order chi connectivity index (χ1) is 10.6. The van der Waals surface area contributed by atoms with Crippen LogP contribution in [0.5, 0.6) is 5.75 Å². The van der Waals surface area contributed by atoms with Gasteiger partial charge in [-0.25, -0.2) is 0 Å². The molecule has 0 saturated carbocycles. The third kappa shape index (κ3) is 3.13. The van der Waals surface area contributed by atoms with E-state index in [9.17, 15) is 4.79 Å². The Labute approximate surface area is 129 Å². The van der Waals surface area contributed by atoms with E-state index in [1.807, 2.05) is 38.1 Å². The second-order valence-corrected chi connectivity index (χ2v) is 5.69. The van der Waals surface area contributed by atoms with Gasteiger partial charge in [-0.1, -0.05) is 23.4 Å². The van der Waals surface area contributed by atoms with Gasteiger partial charge in [0.2, 0.25) is 5.91 Å². The van der Waals surface area contributed by atoms with Crippen molar-refractivity contribution >= 4 is 5.91 Å². The first-order valence-corrected chi connectivity index (χ1v) is 7.55. The van der Waals surface area contributed by atoms with Gasteiger partial charge in [-0.15, -0.1) is 0 Å². The van der Waals surface area contributed by atoms with E-state index in [0.29, 0.717) is 19.4 Å². The molecule has 3 rings (SSSR count). The van der Waals surface area contributed by atoms with Crippen LogP contribution in [0.15, 0.2) is 28.8 Å². The molecule has 5 nitrogen and oxygen atoms in total. The topological polar surface area (TPSA) is 64.4 Å². The molecule has 2 heterocycles. The first-order valence-electron chi connectivity index (χ1n) is 7.55. The monoisotopic (exact) mass is 300 g/mol. The molecule has 1 atom stereocenters. The van der Waals surface area contributed by atoms with Crippen molar-refractivity contribution in [1.82, 2.24) is 10.5 Å². The van der Waals surface area contributed by atoms with Crippen molar-refractivity contribution in [2.24, 2.45) is 0 Å². The molecule has 0 fully saturated rings. The summed E-state index contributed by atoms with van der Waals surface area (Å²) in [6.07, 6.45) is 1.89. The van der Waals surface area contributed by atoms with E-state index in [1.54, 1.807) is 0 Å². The lowest BCUT2D eigenvalue weighted by Gasteiger charge is -2.26. The second-order valence-electron chi connectivity index (χ2n) is 5.69. The van der Waals surface area contributed by atoms with Crippen molar-refractivity contribution in [3.05, 3.63) is 46.8 Å². The van der Waals surface area contributed by atoms with Gasteiger partial charge in [-0.05, 0) is 38.3 Å². The Balaban J connectivity index is 1.53. The number of nitrogens with one attached hydrogen (secondary N) is 1. The molecule has 5 heteroatoms. The minimum absolute atomic E-state index is 0.0343. The fraction of sp³-hybridized carbons (Fsp3) is 0.412. The number of aromatic nitrogens is 1. The lowest BCUT2D eigenvalue weighted by molar-refractivity contribution is -0.122. The summed E-state index contributed by atoms with van der Waals surface area (Å²) in [5, 5.41) is 6.95. The second kappa shape index (κ2) is 6.22. The first kappa shape index (κ1) is 14.6. The number of aryl methyl sites for hydroxylation is 2. The van der Waals surface area contributed by atoms with Crippen LogP contribution >= 0.6 is 0 Å². The third-order valence-electron chi connectivity index (χ3n) is 4.03. The predicted molar refractivity (Wildman–Crippen MR) is 81.9 cm³/mol. The molecule has 22 heavy (non-hydrogen) atoms. The summed E-state index contributed by atoms with van der Waals surface area (Å²) in [5.74, 6) is 1.75. The minimum Gasteiger partial charge on any atom is -0.491 e. The van der Waals surface area contributed by atoms with Crippen LogP contribution in [0.2, 0.25) is 0 Å². The Bertz CT molecular complexity index is 659. The third-order valence-corrected chi connectivity index (χ3v) is 4.03. The van der Waals surface area contributed by atoms with Gasteiger partial charge in [-0.2, -0.15) is 0 Å². The molecule has 1 aliphatic rings. The van der Waals surface area contributed by atoms with E-state index in [0.717, 1.165) is 34.8 Å². The molecule has 1 amide bonds. The molecular weight excluding hydrogens is 280 g/mol. The molecule has 0 bridgehead atoms. The fourth-order valence-electron chi connectivity index (χ4n) is 2.82. The van der Waals surface area contributed by atoms with Crippen molar-refractivity contribution in [2.45, 2.75) is 39.2 Å². The van der Waals surface area contributed by atoms with Crippen molar-refractivity contribution in [2.75, 3.05) is 6.61 Å². The van der Waals surface area contributed by atoms with Crippen LogP contribution in [-0.2, 0) is 17.6 Å². The standard InChI is InChI=1S/C17H20N2O3/c1-11-15(12(2)22-19-11)7-8-17(20)18-14-9-13-5-3-4-6-16(13)21-10-14/h3-6,14H,7-10H2,1-2H3,(H,18,20)/t14-/m1/s1. The number of carbonyl (C=O) groups is 1. The highest BCUT2D eigenvalue weighted by molar-refractivity contribution is 5.76. The summed E-state index contributed by atoms with van der Waals surface area (Å²) in [6, 6.07) is 7.99. The van der Waals surface area contributed by atoms with Gasteiger partial charge in [0.25, 0.3) is 0 Å². The van der Waals surface area contributed by atoms with Crippen LogP contribution in [0.1, 0.15) is 29.0 Å². The molecule has 1 aliphatic heterocycles. The molecule has 0 radical (unpaired) electrons. The molecule has 0 spiro atoms. The number of nitrogens with zero attached hydrogens (tertiary/aromatic N) is 1. The van der Waals surface area contributed by atoms with Crippen molar-refractivity contribution in [3.8, 4) is 5.75 Å². The van der Waals surface area contributed by atoms with Crippen LogP contribution < -0.4 is 10.1 Å². The summed E-state index contributed by atoms with van der Waals surface area (Å²) in [5.41, 5.74) is 3.03. The lowest BCUT2D eigenvalue weighted by atomic mass is 10.0. The van der Waals surface area contributed by atoms with Gasteiger partial charge in [-0.3, -0.25) is 4.79 Å². The van der Waals surface area contributed by atoms with Crippen molar-refractivity contribution in [1.29, 1.82) is 0 Å². The van der Waals surface area contributed by atoms with E-state index < -0.39 is 0 Å². The van der Waals surface area contributed by atoms with Crippen LogP contribution in [0.3, 0.4) is 0 Å². The molecule has 0 unspecified atom stereocenters. The van der Waals surface area contributed by atoms with Crippen LogP contribution in [0.25, 0.3) is 0 Å². The molecule has 1 aromatic heterocycles. The zero-order valence-corrected chi connectivity index (χ0v) is 12.9. The SMILES string of the molecule is Cc1noc(C)c1CCC(=O)N[C@H]1COc2ccccc2C1. The van der Waals surface area contributed by atoms with Gasteiger partial charge in [0.1, 0.15) is 18.1 Å². The lowest BCUT2D eigenvalue weighted by Crippen LogP contribution is -2.42. The largest absolute Gasteiger partial charge is 0.491 e. The fourth-order valence-corrected chi connectivity index (χ4v) is 2.82. The summed E-state index contributed by atoms with van der Waals surface area (Å²) in [7, 11) is 0. The van der Waals surface area contributed by atoms with Crippen LogP contribution in [0, 0.1) is 13.8 Å². The molecule has 0 saturated heterocycles. The van der Waals surface area contributed by atoms with E-state index in [-0.39, 0.29) is 11.9 Å². The molecular formula is C17H20N2O3. The predicted octanol–water partition coefficient (Wildman–Crippen LogP) is 2.34. The van der Waals surface area contributed by atoms with E-state index in [1.165, 1.54) is 0 Å². The van der Waals surface area contributed by atoms with Crippen molar-refractivity contribution in [3.63, 3.8) is 0 Å². The number of carbonyl (C=O) groups excluding carboxylic acids is 1. The highest BCUT2D eigenvalue weighted by Gasteiger charge is 2.21. The average Bonchev–Trinajstić information content (AvgIpc) is 2.84. The van der Waals surface area contributed by atoms with Crippen LogP contribution in [-0.4, -0.2) is 23.7 Å². The number of benzene rings is 1. The smallest absolute Gasteiger partial charge is 0.220 e. The van der Waals surface area contributed by atoms with E-state index >= 15 is 0 Å². The van der Waals surface area contributed by atoms with Crippen LogP contribution in [0.4, 0.5) is 0 Å². The zero-order valence-electron chi connectivity index (χ0n) is 12.9. The Kier molecular flexibility index (Phi) is 4.13. The number of fused-ring (bicyclic) bond motifs is 1. The number of para-hydroxylation sites is 1. The maximum absolute atomic E-state index is 12.1. The molecule has 2 aromatic rings. The summed E-state index contributed by atoms with van der Waals surface area (Å²) >= 11 is 0. The number of hydrogen-bond donors (Lipinski definition) is 1. The zero-order chi connectivity index (χ0) is 15.5. The molecule has 1 N–H and O–H groups in total. The maximum Gasteiger partial charge on any atom is 0.220 e. The molecule has 1 aromatic carbocycles. The Morgan fingerprint density at radius 3 is 2.95 bits per heavy atom. The Morgan fingerprint density at radius 2 is 2.18 bits per heavy atom. The summed E-state index contributed by atoms with van der Waals surface area (Å²) in [4.78, 5) is 12.1. The Morgan fingerprint density at radius 1 is 1.36 bits per heavy atom. The average molecular weight is 300 g/mol. The van der Waals surface area contributed by atoms with Gasteiger partial charge in [0, 0.05) is 12.0 Å². The summed E-state index contributed by atoms with van der Waals surface area (Å²) < 4.78 is 10.8. The van der Waals surface area contributed by atoms with Crippen molar-refractivity contribution < 1.29 is 14.1 Å². The number of rotatable bonds is 4. The quantitative estimate of drug-likeness (QED) is 0.941. The minimum atomic E-state index is 0.0343. The molecule has 0 aliphatic carbocycles. The van der Waals surface area contributed by atoms with E-state index in [4.69, 9.17) is 9.26 Å². The molecule has 116 valence electrons. The normalized spacial score (nSPS) is 16.7. The summed E-state index contributed by atoms with van der Waals surface area (Å²) in [6.45, 7) is 4.29. The number of hydrogen-bond acceptors (Lipinski definition) is 4. The van der Waals surface area contributed by atoms with Gasteiger partial charge < -0.3 is 14.6 Å². The Hall–Kier alpha value is -2.30. The van der Waals surface area contributed by atoms with Gasteiger partial charge in [0.05, 0.1) is 11.7 Å². The maximum atomic E-state index is 12.1.